The lowest BCUT2D eigenvalue weighted by atomic mass is 10.1. The lowest BCUT2D eigenvalue weighted by Gasteiger charge is -2.23. The minimum Gasteiger partial charge on any atom is -0.490 e. The molecular weight excluding hydrogens is 357 g/mol. The molecule has 0 spiro atoms. The lowest BCUT2D eigenvalue weighted by Crippen LogP contribution is -2.26. The maximum atomic E-state index is 13.8. The molecule has 0 bridgehead atoms. The van der Waals surface area contributed by atoms with Crippen LogP contribution in [-0.2, 0) is 16.1 Å². The summed E-state index contributed by atoms with van der Waals surface area (Å²) >= 11 is 0. The summed E-state index contributed by atoms with van der Waals surface area (Å²) in [5.41, 5.74) is 4.88. The van der Waals surface area contributed by atoms with Gasteiger partial charge in [0.15, 0.2) is 0 Å². The molecule has 148 valence electrons. The van der Waals surface area contributed by atoms with Crippen molar-refractivity contribution in [2.45, 2.75) is 27.3 Å². The first-order chi connectivity index (χ1) is 13.3. The maximum absolute atomic E-state index is 13.8. The van der Waals surface area contributed by atoms with Gasteiger partial charge >= 0.3 is 5.91 Å². The van der Waals surface area contributed by atoms with E-state index < -0.39 is 5.91 Å². The third-order valence-corrected chi connectivity index (χ3v) is 4.22. The Morgan fingerprint density at radius 2 is 1.96 bits per heavy atom. The molecule has 1 amide bonds. The molecule has 2 aromatic rings. The van der Waals surface area contributed by atoms with Crippen LogP contribution in [0.4, 0.5) is 10.1 Å². The van der Waals surface area contributed by atoms with Crippen LogP contribution in [0.15, 0.2) is 53.3 Å². The van der Waals surface area contributed by atoms with E-state index in [2.05, 4.69) is 23.1 Å². The Balaban J connectivity index is 2.27. The Kier molecular flexibility index (Phi) is 7.32. The number of carbonyl (C=O) groups excluding carboxylic acids is 1. The first-order valence-corrected chi connectivity index (χ1v) is 8.90. The number of amides is 1. The zero-order valence-electron chi connectivity index (χ0n) is 16.8. The number of anilines is 1. The number of halogens is 1. The van der Waals surface area contributed by atoms with E-state index >= 15 is 0 Å². The molecule has 0 fully saturated rings. The number of rotatable bonds is 8. The van der Waals surface area contributed by atoms with Crippen LogP contribution in [0, 0.1) is 26.6 Å². The van der Waals surface area contributed by atoms with Crippen molar-refractivity contribution >= 4 is 18.3 Å². The third-order valence-electron chi connectivity index (χ3n) is 4.22. The molecule has 0 aliphatic heterocycles. The molecule has 0 aliphatic rings. The van der Waals surface area contributed by atoms with Crippen LogP contribution in [0.3, 0.4) is 0 Å². The summed E-state index contributed by atoms with van der Waals surface area (Å²) in [5, 5.41) is 3.35. The van der Waals surface area contributed by atoms with Crippen molar-refractivity contribution in [2.75, 3.05) is 19.1 Å². The van der Waals surface area contributed by atoms with Gasteiger partial charge in [-0.1, -0.05) is 23.8 Å². The van der Waals surface area contributed by atoms with E-state index in [9.17, 15) is 9.18 Å². The fraction of sp³-hybridized carbons (Fsp3) is 0.273. The monoisotopic (exact) mass is 383 g/mol. The second kappa shape index (κ2) is 9.69. The Bertz CT molecular complexity index is 873. The molecule has 2 aromatic carbocycles. The summed E-state index contributed by atoms with van der Waals surface area (Å²) in [6.07, 6.45) is 1.56. The van der Waals surface area contributed by atoms with Crippen LogP contribution in [0.2, 0.25) is 0 Å². The smallest absolute Gasteiger partial charge is 0.312 e. The topological polar surface area (TPSA) is 53.9 Å². The van der Waals surface area contributed by atoms with Crippen molar-refractivity contribution in [3.63, 3.8) is 0 Å². The van der Waals surface area contributed by atoms with Crippen LogP contribution < -0.4 is 5.32 Å². The normalized spacial score (nSPS) is 11.1. The zero-order valence-corrected chi connectivity index (χ0v) is 16.8. The fourth-order valence-electron chi connectivity index (χ4n) is 2.92. The van der Waals surface area contributed by atoms with E-state index in [0.717, 1.165) is 22.4 Å². The number of benzene rings is 2. The molecule has 0 aromatic heterocycles. The summed E-state index contributed by atoms with van der Waals surface area (Å²) < 4.78 is 18.9. The van der Waals surface area contributed by atoms with E-state index in [-0.39, 0.29) is 11.6 Å². The number of aliphatic imine (C=N–C) groups is 1. The van der Waals surface area contributed by atoms with Gasteiger partial charge in [0.1, 0.15) is 5.82 Å². The number of nitrogens with one attached hydrogen (secondary N) is 1. The summed E-state index contributed by atoms with van der Waals surface area (Å²) in [5.74, 6) is -0.794. The molecule has 0 saturated heterocycles. The van der Waals surface area contributed by atoms with E-state index in [1.807, 2.05) is 43.9 Å². The maximum Gasteiger partial charge on any atom is 0.312 e. The van der Waals surface area contributed by atoms with Crippen molar-refractivity contribution in [1.82, 2.24) is 4.90 Å². The fourth-order valence-corrected chi connectivity index (χ4v) is 2.92. The third kappa shape index (κ3) is 5.94. The number of ether oxygens (including phenoxy) is 1. The van der Waals surface area contributed by atoms with Gasteiger partial charge < -0.3 is 15.0 Å². The van der Waals surface area contributed by atoms with E-state index in [1.165, 1.54) is 24.8 Å². The Hall–Kier alpha value is -3.15. The van der Waals surface area contributed by atoms with E-state index in [0.29, 0.717) is 13.2 Å². The number of nitrogens with zero attached hydrogens (tertiary/aromatic N) is 2. The quantitative estimate of drug-likeness (QED) is 0.319. The summed E-state index contributed by atoms with van der Waals surface area (Å²) in [4.78, 5) is 17.1. The Morgan fingerprint density at radius 3 is 2.57 bits per heavy atom. The molecule has 0 aliphatic carbocycles. The second-order valence-electron chi connectivity index (χ2n) is 6.70. The first kappa shape index (κ1) is 21.2. The molecule has 0 atom stereocenters. The minimum absolute atomic E-state index is 0.0607. The molecule has 0 unspecified atom stereocenters. The standard InChI is InChI=1S/C22H26FN3O2/c1-15-6-7-20(17(3)8-15)25-14-26(13-21(28-5)22(27)24-4)12-18-9-16(2)10-19(23)11-18/h6-11,13,25H,4,12,14H2,1-3,5H3/b21-13+. The van der Waals surface area contributed by atoms with Crippen molar-refractivity contribution < 1.29 is 13.9 Å². The van der Waals surface area contributed by atoms with E-state index in [4.69, 9.17) is 4.74 Å². The van der Waals surface area contributed by atoms with Crippen LogP contribution in [0.1, 0.15) is 22.3 Å². The molecular formula is C22H26FN3O2. The number of hydrogen-bond acceptors (Lipinski definition) is 4. The van der Waals surface area contributed by atoms with Crippen molar-refractivity contribution in [2.24, 2.45) is 4.99 Å². The van der Waals surface area contributed by atoms with Gasteiger partial charge in [-0.15, -0.1) is 0 Å². The highest BCUT2D eigenvalue weighted by Gasteiger charge is 2.12. The molecule has 1 N–H and O–H groups in total. The van der Waals surface area contributed by atoms with Gasteiger partial charge in [-0.2, -0.15) is 0 Å². The van der Waals surface area contributed by atoms with E-state index in [1.54, 1.807) is 6.20 Å². The number of hydrogen-bond donors (Lipinski definition) is 1. The Morgan fingerprint density at radius 1 is 1.21 bits per heavy atom. The van der Waals surface area contributed by atoms with Crippen molar-refractivity contribution in [1.29, 1.82) is 0 Å². The number of carbonyl (C=O) groups is 1. The first-order valence-electron chi connectivity index (χ1n) is 8.90. The van der Waals surface area contributed by atoms with Gasteiger partial charge in [-0.3, -0.25) is 4.79 Å². The van der Waals surface area contributed by atoms with Gasteiger partial charge in [0, 0.05) is 18.4 Å². The van der Waals surface area contributed by atoms with Crippen LogP contribution >= 0.6 is 0 Å². The number of aryl methyl sites for hydroxylation is 3. The highest BCUT2D eigenvalue weighted by Crippen LogP contribution is 2.17. The lowest BCUT2D eigenvalue weighted by molar-refractivity contribution is -0.117. The van der Waals surface area contributed by atoms with Gasteiger partial charge in [0.05, 0.1) is 13.8 Å². The minimum atomic E-state index is -0.561. The summed E-state index contributed by atoms with van der Waals surface area (Å²) in [6.45, 7) is 9.92. The molecule has 2 rings (SSSR count). The van der Waals surface area contributed by atoms with Gasteiger partial charge in [0.25, 0.3) is 0 Å². The predicted octanol–water partition coefficient (Wildman–Crippen LogP) is 4.34. The summed E-state index contributed by atoms with van der Waals surface area (Å²) in [7, 11) is 1.40. The van der Waals surface area contributed by atoms with Crippen molar-refractivity contribution in [3.05, 3.63) is 76.4 Å². The second-order valence-corrected chi connectivity index (χ2v) is 6.70. The van der Waals surface area contributed by atoms with Gasteiger partial charge in [0.2, 0.25) is 5.76 Å². The zero-order chi connectivity index (χ0) is 20.7. The average molecular weight is 383 g/mol. The molecule has 0 radical (unpaired) electrons. The highest BCUT2D eigenvalue weighted by atomic mass is 19.1. The molecule has 0 saturated carbocycles. The van der Waals surface area contributed by atoms with Crippen molar-refractivity contribution in [3.8, 4) is 0 Å². The molecule has 0 heterocycles. The Labute approximate surface area is 165 Å². The predicted molar refractivity (Wildman–Crippen MR) is 111 cm³/mol. The SMILES string of the molecule is C=NC(=O)/C(=C\N(CNc1ccc(C)cc1C)Cc1cc(C)cc(F)c1)OC. The van der Waals surface area contributed by atoms with Gasteiger partial charge in [-0.25, -0.2) is 9.38 Å². The number of methoxy groups -OCH3 is 1. The average Bonchev–Trinajstić information content (AvgIpc) is 2.63. The van der Waals surface area contributed by atoms with Crippen LogP contribution in [0.5, 0.6) is 0 Å². The molecule has 5 nitrogen and oxygen atoms in total. The van der Waals surface area contributed by atoms with Crippen LogP contribution in [-0.4, -0.2) is 31.3 Å². The summed E-state index contributed by atoms with van der Waals surface area (Å²) in [6, 6.07) is 11.0. The molecule has 6 heteroatoms. The molecule has 28 heavy (non-hydrogen) atoms. The van der Waals surface area contributed by atoms with Crippen LogP contribution in [0.25, 0.3) is 0 Å². The highest BCUT2D eigenvalue weighted by molar-refractivity contribution is 5.94. The van der Waals surface area contributed by atoms with Gasteiger partial charge in [-0.05, 0) is 62.4 Å². The largest absolute Gasteiger partial charge is 0.490 e.